The summed E-state index contributed by atoms with van der Waals surface area (Å²) in [5, 5.41) is 6.84. The summed E-state index contributed by atoms with van der Waals surface area (Å²) in [5.41, 5.74) is 7.13. The summed E-state index contributed by atoms with van der Waals surface area (Å²) in [4.78, 5) is 11.9. The van der Waals surface area contributed by atoms with E-state index in [1.54, 1.807) is 7.11 Å². The number of carbonyl (C=O) groups excluding carboxylic acids is 1. The fourth-order valence-corrected chi connectivity index (χ4v) is 1.67. The van der Waals surface area contributed by atoms with Crippen LogP contribution >= 0.6 is 0 Å². The molecule has 2 rings (SSSR count). The fourth-order valence-electron chi connectivity index (χ4n) is 1.67. The van der Waals surface area contributed by atoms with Crippen LogP contribution in [0.3, 0.4) is 0 Å². The first-order chi connectivity index (χ1) is 9.24. The Balaban J connectivity index is 2.17. The number of aromatic nitrogens is 2. The van der Waals surface area contributed by atoms with Gasteiger partial charge < -0.3 is 15.8 Å². The smallest absolute Gasteiger partial charge is 0.256 e. The number of nitrogens with one attached hydrogen (secondary N) is 1. The first-order valence-electron chi connectivity index (χ1n) is 5.90. The number of hydrogen-bond donors (Lipinski definition) is 2. The molecule has 2 aromatic rings. The highest BCUT2D eigenvalue weighted by molar-refractivity contribution is 5.98. The van der Waals surface area contributed by atoms with Gasteiger partial charge in [-0.05, 0) is 12.1 Å². The van der Waals surface area contributed by atoms with E-state index in [0.29, 0.717) is 24.5 Å². The van der Waals surface area contributed by atoms with Gasteiger partial charge in [0, 0.05) is 13.7 Å². The lowest BCUT2D eigenvalue weighted by atomic mass is 10.3. The van der Waals surface area contributed by atoms with E-state index in [1.165, 1.54) is 10.9 Å². The van der Waals surface area contributed by atoms with Crippen LogP contribution in [-0.4, -0.2) is 35.9 Å². The molecule has 19 heavy (non-hydrogen) atoms. The molecule has 0 atom stereocenters. The maximum Gasteiger partial charge on any atom is 0.256 e. The van der Waals surface area contributed by atoms with Crippen LogP contribution in [0, 0.1) is 0 Å². The molecule has 0 spiro atoms. The van der Waals surface area contributed by atoms with Crippen molar-refractivity contribution < 1.29 is 9.53 Å². The average Bonchev–Trinajstić information content (AvgIpc) is 2.82. The molecule has 0 radical (unpaired) electrons. The molecule has 0 aliphatic heterocycles. The number of anilines is 1. The minimum Gasteiger partial charge on any atom is -0.383 e. The minimum absolute atomic E-state index is 0.253. The van der Waals surface area contributed by atoms with Crippen molar-refractivity contribution in [1.82, 2.24) is 15.1 Å². The summed E-state index contributed by atoms with van der Waals surface area (Å²) >= 11 is 0. The Morgan fingerprint density at radius 1 is 1.42 bits per heavy atom. The van der Waals surface area contributed by atoms with E-state index < -0.39 is 0 Å². The quantitative estimate of drug-likeness (QED) is 0.780. The molecule has 0 fully saturated rings. The molecule has 0 saturated heterocycles. The molecule has 1 aromatic carbocycles. The maximum absolute atomic E-state index is 11.9. The third kappa shape index (κ3) is 2.92. The predicted octanol–water partition coefficient (Wildman–Crippen LogP) is 0.831. The predicted molar refractivity (Wildman–Crippen MR) is 72.2 cm³/mol. The number of para-hydroxylation sites is 1. The number of nitrogens with zero attached hydrogens (tertiary/aromatic N) is 2. The van der Waals surface area contributed by atoms with E-state index in [9.17, 15) is 4.79 Å². The lowest BCUT2D eigenvalue weighted by molar-refractivity contribution is 0.0938. The summed E-state index contributed by atoms with van der Waals surface area (Å²) in [5.74, 6) is 0.0675. The number of amides is 1. The zero-order chi connectivity index (χ0) is 13.7. The van der Waals surface area contributed by atoms with Crippen molar-refractivity contribution in [3.8, 4) is 5.69 Å². The Kier molecular flexibility index (Phi) is 4.15. The summed E-state index contributed by atoms with van der Waals surface area (Å²) in [6.45, 7) is 0.893. The van der Waals surface area contributed by atoms with E-state index in [4.69, 9.17) is 10.5 Å². The maximum atomic E-state index is 11.9. The third-order valence-corrected chi connectivity index (χ3v) is 2.64. The second-order valence-electron chi connectivity index (χ2n) is 3.94. The SMILES string of the molecule is COCCNC(=O)c1cnn(-c2ccccc2)c1N. The molecular formula is C13H16N4O2. The molecule has 0 bridgehead atoms. The molecule has 0 saturated carbocycles. The van der Waals surface area contributed by atoms with Crippen LogP contribution < -0.4 is 11.1 Å². The number of ether oxygens (including phenoxy) is 1. The average molecular weight is 260 g/mol. The van der Waals surface area contributed by atoms with E-state index in [2.05, 4.69) is 10.4 Å². The topological polar surface area (TPSA) is 82.2 Å². The van der Waals surface area contributed by atoms with E-state index in [0.717, 1.165) is 5.69 Å². The van der Waals surface area contributed by atoms with Crippen molar-refractivity contribution in [3.05, 3.63) is 42.1 Å². The molecule has 0 unspecified atom stereocenters. The monoisotopic (exact) mass is 260 g/mol. The van der Waals surface area contributed by atoms with Crippen LogP contribution in [0.2, 0.25) is 0 Å². The number of rotatable bonds is 5. The van der Waals surface area contributed by atoms with Crippen LogP contribution in [0.1, 0.15) is 10.4 Å². The van der Waals surface area contributed by atoms with Crippen LogP contribution in [0.4, 0.5) is 5.82 Å². The van der Waals surface area contributed by atoms with E-state index in [-0.39, 0.29) is 5.91 Å². The zero-order valence-corrected chi connectivity index (χ0v) is 10.7. The largest absolute Gasteiger partial charge is 0.383 e. The van der Waals surface area contributed by atoms with Crippen molar-refractivity contribution >= 4 is 11.7 Å². The Morgan fingerprint density at radius 3 is 2.84 bits per heavy atom. The Bertz CT molecular complexity index is 551. The minimum atomic E-state index is -0.253. The lowest BCUT2D eigenvalue weighted by Gasteiger charge is -2.05. The molecule has 0 aliphatic rings. The molecule has 1 heterocycles. The normalized spacial score (nSPS) is 10.4. The van der Waals surface area contributed by atoms with Gasteiger partial charge in [0.05, 0.1) is 18.5 Å². The van der Waals surface area contributed by atoms with Crippen molar-refractivity contribution in [2.75, 3.05) is 26.0 Å². The second kappa shape index (κ2) is 6.01. The molecule has 3 N–H and O–H groups in total. The van der Waals surface area contributed by atoms with E-state index >= 15 is 0 Å². The highest BCUT2D eigenvalue weighted by Crippen LogP contribution is 2.16. The van der Waals surface area contributed by atoms with Crippen LogP contribution in [0.25, 0.3) is 5.69 Å². The van der Waals surface area contributed by atoms with Crippen LogP contribution in [0.15, 0.2) is 36.5 Å². The highest BCUT2D eigenvalue weighted by atomic mass is 16.5. The van der Waals surface area contributed by atoms with Gasteiger partial charge in [0.2, 0.25) is 0 Å². The first kappa shape index (κ1) is 13.1. The van der Waals surface area contributed by atoms with Gasteiger partial charge in [-0.25, -0.2) is 4.68 Å². The van der Waals surface area contributed by atoms with Crippen molar-refractivity contribution in [2.24, 2.45) is 0 Å². The molecule has 1 aromatic heterocycles. The van der Waals surface area contributed by atoms with Gasteiger partial charge in [0.25, 0.3) is 5.91 Å². The highest BCUT2D eigenvalue weighted by Gasteiger charge is 2.15. The van der Waals surface area contributed by atoms with Crippen LogP contribution in [0.5, 0.6) is 0 Å². The Hall–Kier alpha value is -2.34. The molecule has 100 valence electrons. The number of carbonyl (C=O) groups is 1. The van der Waals surface area contributed by atoms with Gasteiger partial charge in [-0.3, -0.25) is 4.79 Å². The van der Waals surface area contributed by atoms with Crippen molar-refractivity contribution in [1.29, 1.82) is 0 Å². The van der Waals surface area contributed by atoms with Crippen LogP contribution in [-0.2, 0) is 4.74 Å². The fraction of sp³-hybridized carbons (Fsp3) is 0.231. The standard InChI is InChI=1S/C13H16N4O2/c1-19-8-7-15-13(18)11-9-16-17(12(11)14)10-5-3-2-4-6-10/h2-6,9H,7-8,14H2,1H3,(H,15,18). The summed E-state index contributed by atoms with van der Waals surface area (Å²) in [7, 11) is 1.58. The molecule has 0 aliphatic carbocycles. The summed E-state index contributed by atoms with van der Waals surface area (Å²) in [6, 6.07) is 9.41. The van der Waals surface area contributed by atoms with Gasteiger partial charge in [0.15, 0.2) is 0 Å². The van der Waals surface area contributed by atoms with Crippen molar-refractivity contribution in [2.45, 2.75) is 0 Å². The Morgan fingerprint density at radius 2 is 2.16 bits per heavy atom. The number of methoxy groups -OCH3 is 1. The number of hydrogen-bond acceptors (Lipinski definition) is 4. The van der Waals surface area contributed by atoms with Gasteiger partial charge in [0.1, 0.15) is 11.4 Å². The van der Waals surface area contributed by atoms with Gasteiger partial charge in [-0.1, -0.05) is 18.2 Å². The summed E-state index contributed by atoms with van der Waals surface area (Å²) in [6.07, 6.45) is 1.46. The van der Waals surface area contributed by atoms with Gasteiger partial charge in [-0.15, -0.1) is 0 Å². The van der Waals surface area contributed by atoms with Gasteiger partial charge in [-0.2, -0.15) is 5.10 Å². The Labute approximate surface area is 111 Å². The molecule has 6 heteroatoms. The van der Waals surface area contributed by atoms with Gasteiger partial charge >= 0.3 is 0 Å². The third-order valence-electron chi connectivity index (χ3n) is 2.64. The molecule has 6 nitrogen and oxygen atoms in total. The number of nitrogens with two attached hydrogens (primary N) is 1. The number of benzene rings is 1. The number of nitrogen functional groups attached to an aromatic ring is 1. The second-order valence-corrected chi connectivity index (χ2v) is 3.94. The van der Waals surface area contributed by atoms with E-state index in [1.807, 2.05) is 30.3 Å². The zero-order valence-electron chi connectivity index (χ0n) is 10.7. The molecular weight excluding hydrogens is 244 g/mol. The lowest BCUT2D eigenvalue weighted by Crippen LogP contribution is -2.27. The summed E-state index contributed by atoms with van der Waals surface area (Å²) < 4.78 is 6.40. The molecule has 1 amide bonds. The van der Waals surface area contributed by atoms with Crippen molar-refractivity contribution in [3.63, 3.8) is 0 Å². The first-order valence-corrected chi connectivity index (χ1v) is 5.90.